The summed E-state index contributed by atoms with van der Waals surface area (Å²) in [6.07, 6.45) is -0.526. The van der Waals surface area contributed by atoms with Crippen LogP contribution < -0.4 is 11.1 Å². The number of sulfone groups is 1. The van der Waals surface area contributed by atoms with Gasteiger partial charge in [0.05, 0.1) is 17.9 Å². The van der Waals surface area contributed by atoms with Crippen molar-refractivity contribution in [1.82, 2.24) is 10.2 Å². The number of carbonyl (C=O) groups is 3. The highest BCUT2D eigenvalue weighted by Gasteiger charge is 2.33. The second-order valence-corrected chi connectivity index (χ2v) is 6.90. The van der Waals surface area contributed by atoms with E-state index >= 15 is 0 Å². The van der Waals surface area contributed by atoms with Gasteiger partial charge in [-0.25, -0.2) is 18.0 Å². The Balaban J connectivity index is 2.70. The summed E-state index contributed by atoms with van der Waals surface area (Å²) in [5.41, 5.74) is 4.90. The molecule has 0 aliphatic carbocycles. The van der Waals surface area contributed by atoms with Crippen molar-refractivity contribution in [3.05, 3.63) is 0 Å². The Morgan fingerprint density at radius 1 is 1.45 bits per heavy atom. The SMILES string of the molecule is CC1CS(=O)(=O)CCN1C(=O)NC(CC(N)=O)C(=O)O. The Bertz CT molecular complexity index is 517. The number of hydrogen-bond donors (Lipinski definition) is 3. The molecule has 9 nitrogen and oxygen atoms in total. The zero-order valence-corrected chi connectivity index (χ0v) is 11.7. The predicted octanol–water partition coefficient (Wildman–Crippen LogP) is -1.86. The number of carbonyl (C=O) groups excluding carboxylic acids is 2. The molecular formula is C10H17N3O6S. The fourth-order valence-electron chi connectivity index (χ4n) is 1.93. The van der Waals surface area contributed by atoms with Crippen molar-refractivity contribution in [3.63, 3.8) is 0 Å². The minimum absolute atomic E-state index is 0.0156. The number of primary amides is 1. The first kappa shape index (κ1) is 16.2. The molecule has 0 radical (unpaired) electrons. The van der Waals surface area contributed by atoms with Crippen molar-refractivity contribution in [2.45, 2.75) is 25.4 Å². The number of nitrogens with one attached hydrogen (secondary N) is 1. The molecule has 0 aromatic heterocycles. The summed E-state index contributed by atoms with van der Waals surface area (Å²) in [5.74, 6) is -2.58. The Morgan fingerprint density at radius 3 is 2.50 bits per heavy atom. The lowest BCUT2D eigenvalue weighted by Gasteiger charge is -2.33. The van der Waals surface area contributed by atoms with Crippen molar-refractivity contribution in [3.8, 4) is 0 Å². The van der Waals surface area contributed by atoms with E-state index in [4.69, 9.17) is 10.8 Å². The molecule has 114 valence electrons. The molecule has 20 heavy (non-hydrogen) atoms. The van der Waals surface area contributed by atoms with E-state index in [1.165, 1.54) is 4.90 Å². The highest BCUT2D eigenvalue weighted by Crippen LogP contribution is 2.11. The van der Waals surface area contributed by atoms with E-state index in [9.17, 15) is 22.8 Å². The molecule has 2 unspecified atom stereocenters. The summed E-state index contributed by atoms with van der Waals surface area (Å²) >= 11 is 0. The van der Waals surface area contributed by atoms with Crippen LogP contribution in [0.1, 0.15) is 13.3 Å². The van der Waals surface area contributed by atoms with E-state index in [1.807, 2.05) is 0 Å². The maximum atomic E-state index is 11.9. The number of urea groups is 1. The summed E-state index contributed by atoms with van der Waals surface area (Å²) in [6, 6.07) is -2.71. The summed E-state index contributed by atoms with van der Waals surface area (Å²) in [7, 11) is -3.17. The maximum Gasteiger partial charge on any atom is 0.326 e. The van der Waals surface area contributed by atoms with Crippen molar-refractivity contribution in [2.75, 3.05) is 18.1 Å². The molecule has 1 aliphatic rings. The van der Waals surface area contributed by atoms with Crippen molar-refractivity contribution < 1.29 is 27.9 Å². The third-order valence-electron chi connectivity index (χ3n) is 2.93. The van der Waals surface area contributed by atoms with Crippen LogP contribution in [0.2, 0.25) is 0 Å². The van der Waals surface area contributed by atoms with Gasteiger partial charge in [0.1, 0.15) is 6.04 Å². The van der Waals surface area contributed by atoms with Gasteiger partial charge in [-0.2, -0.15) is 0 Å². The van der Waals surface area contributed by atoms with Gasteiger partial charge in [0, 0.05) is 12.6 Å². The second kappa shape index (κ2) is 6.07. The molecule has 0 spiro atoms. The fraction of sp³-hybridized carbons (Fsp3) is 0.700. The number of nitrogens with zero attached hydrogens (tertiary/aromatic N) is 1. The smallest absolute Gasteiger partial charge is 0.326 e. The van der Waals surface area contributed by atoms with Crippen LogP contribution in [-0.4, -0.2) is 66.5 Å². The Labute approximate surface area is 116 Å². The number of aliphatic carboxylic acids is 1. The zero-order chi connectivity index (χ0) is 15.5. The molecule has 1 saturated heterocycles. The van der Waals surface area contributed by atoms with E-state index in [1.54, 1.807) is 6.92 Å². The van der Waals surface area contributed by atoms with Crippen LogP contribution in [0.25, 0.3) is 0 Å². The number of hydrogen-bond acceptors (Lipinski definition) is 5. The van der Waals surface area contributed by atoms with Crippen LogP contribution in [0.4, 0.5) is 4.79 Å². The standard InChI is InChI=1S/C10H17N3O6S/c1-6-5-20(18,19)3-2-13(6)10(17)12-7(9(15)16)4-8(11)14/h6-7H,2-5H2,1H3,(H2,11,14)(H,12,17)(H,15,16). The van der Waals surface area contributed by atoms with Crippen LogP contribution in [0.5, 0.6) is 0 Å². The van der Waals surface area contributed by atoms with Gasteiger partial charge < -0.3 is 21.1 Å². The van der Waals surface area contributed by atoms with Crippen LogP contribution >= 0.6 is 0 Å². The Kier molecular flexibility index (Phi) is 4.93. The molecule has 0 saturated carbocycles. The molecule has 1 fully saturated rings. The first-order chi connectivity index (χ1) is 9.12. The second-order valence-electron chi connectivity index (χ2n) is 4.67. The van der Waals surface area contributed by atoms with Gasteiger partial charge in [-0.05, 0) is 6.92 Å². The lowest BCUT2D eigenvalue weighted by atomic mass is 10.2. The fourth-order valence-corrected chi connectivity index (χ4v) is 3.49. The molecule has 3 amide bonds. The number of nitrogens with two attached hydrogens (primary N) is 1. The minimum Gasteiger partial charge on any atom is -0.480 e. The quantitative estimate of drug-likeness (QED) is 0.555. The summed E-state index contributed by atoms with van der Waals surface area (Å²) < 4.78 is 22.8. The van der Waals surface area contributed by atoms with Crippen LogP contribution in [0.3, 0.4) is 0 Å². The number of amides is 3. The molecule has 1 rings (SSSR count). The van der Waals surface area contributed by atoms with Crippen molar-refractivity contribution in [2.24, 2.45) is 5.73 Å². The summed E-state index contributed by atoms with van der Waals surface area (Å²) in [4.78, 5) is 34.8. The number of carboxylic acids is 1. The van der Waals surface area contributed by atoms with Gasteiger partial charge in [0.25, 0.3) is 0 Å². The lowest BCUT2D eigenvalue weighted by molar-refractivity contribution is -0.141. The molecular weight excluding hydrogens is 290 g/mol. The molecule has 4 N–H and O–H groups in total. The topological polar surface area (TPSA) is 147 Å². The van der Waals surface area contributed by atoms with E-state index in [0.29, 0.717) is 0 Å². The average Bonchev–Trinajstić information content (AvgIpc) is 2.25. The lowest BCUT2D eigenvalue weighted by Crippen LogP contribution is -2.56. The van der Waals surface area contributed by atoms with Crippen molar-refractivity contribution in [1.29, 1.82) is 0 Å². The highest BCUT2D eigenvalue weighted by atomic mass is 32.2. The Hall–Kier alpha value is -1.84. The highest BCUT2D eigenvalue weighted by molar-refractivity contribution is 7.91. The normalized spacial score (nSPS) is 22.9. The van der Waals surface area contributed by atoms with Crippen LogP contribution in [-0.2, 0) is 19.4 Å². The third-order valence-corrected chi connectivity index (χ3v) is 4.73. The van der Waals surface area contributed by atoms with Gasteiger partial charge in [0.15, 0.2) is 9.84 Å². The monoisotopic (exact) mass is 307 g/mol. The van der Waals surface area contributed by atoms with Gasteiger partial charge in [0.2, 0.25) is 5.91 Å². The molecule has 0 aromatic rings. The van der Waals surface area contributed by atoms with Gasteiger partial charge in [-0.1, -0.05) is 0 Å². The van der Waals surface area contributed by atoms with Crippen molar-refractivity contribution >= 4 is 27.7 Å². The van der Waals surface area contributed by atoms with Crippen LogP contribution in [0.15, 0.2) is 0 Å². The zero-order valence-electron chi connectivity index (χ0n) is 10.9. The molecule has 1 heterocycles. The first-order valence-corrected chi connectivity index (χ1v) is 7.73. The van der Waals surface area contributed by atoms with E-state index in [2.05, 4.69) is 5.32 Å². The van der Waals surface area contributed by atoms with E-state index < -0.39 is 46.2 Å². The van der Waals surface area contributed by atoms with Gasteiger partial charge in [-0.15, -0.1) is 0 Å². The summed E-state index contributed by atoms with van der Waals surface area (Å²) in [6.45, 7) is 1.54. The minimum atomic E-state index is -3.17. The third kappa shape index (κ3) is 4.37. The first-order valence-electron chi connectivity index (χ1n) is 5.91. The molecule has 2 atom stereocenters. The molecule has 0 bridgehead atoms. The predicted molar refractivity (Wildman–Crippen MR) is 68.6 cm³/mol. The summed E-state index contributed by atoms with van der Waals surface area (Å²) in [5, 5.41) is 11.0. The molecule has 1 aliphatic heterocycles. The van der Waals surface area contributed by atoms with Gasteiger partial charge >= 0.3 is 12.0 Å². The van der Waals surface area contributed by atoms with Gasteiger partial charge in [-0.3, -0.25) is 4.79 Å². The van der Waals surface area contributed by atoms with E-state index in [-0.39, 0.29) is 18.1 Å². The number of rotatable bonds is 4. The largest absolute Gasteiger partial charge is 0.480 e. The average molecular weight is 307 g/mol. The number of carboxylic acid groups (broad SMARTS) is 1. The molecule has 0 aromatic carbocycles. The molecule has 10 heteroatoms. The van der Waals surface area contributed by atoms with E-state index in [0.717, 1.165) is 0 Å². The van der Waals surface area contributed by atoms with Crippen LogP contribution in [0, 0.1) is 0 Å². The Morgan fingerprint density at radius 2 is 2.05 bits per heavy atom. The maximum absolute atomic E-state index is 11.9.